The van der Waals surface area contributed by atoms with Crippen molar-refractivity contribution in [1.82, 2.24) is 5.32 Å². The maximum absolute atomic E-state index is 11.9. The number of carbonyl (C=O) groups excluding carboxylic acids is 3. The number of piperidine rings is 1. The largest absolute Gasteiger partial charge is 0.376 e. The Morgan fingerprint density at radius 1 is 1.04 bits per heavy atom. The van der Waals surface area contributed by atoms with Gasteiger partial charge in [0.25, 0.3) is 0 Å². The van der Waals surface area contributed by atoms with Gasteiger partial charge in [0, 0.05) is 20.5 Å². The van der Waals surface area contributed by atoms with E-state index in [9.17, 15) is 14.4 Å². The third kappa shape index (κ3) is 5.37. The van der Waals surface area contributed by atoms with Crippen LogP contribution in [0.2, 0.25) is 0 Å². The molecule has 1 aliphatic heterocycles. The van der Waals surface area contributed by atoms with Crippen LogP contribution >= 0.6 is 0 Å². The molecule has 1 atom stereocenters. The van der Waals surface area contributed by atoms with E-state index in [1.165, 1.54) is 4.90 Å². The van der Waals surface area contributed by atoms with Crippen molar-refractivity contribution < 1.29 is 14.4 Å². The van der Waals surface area contributed by atoms with Crippen molar-refractivity contribution in [2.24, 2.45) is 0 Å². The Kier molecular flexibility index (Phi) is 10.1. The summed E-state index contributed by atoms with van der Waals surface area (Å²) in [6.07, 6.45) is 1.22. The molecule has 0 aromatic heterocycles. The molecule has 1 aliphatic rings. The maximum Gasteiger partial charge on any atom is 0.249 e. The van der Waals surface area contributed by atoms with Gasteiger partial charge in [-0.3, -0.25) is 19.7 Å². The molecule has 1 aromatic rings. The maximum atomic E-state index is 11.9. The van der Waals surface area contributed by atoms with Gasteiger partial charge in [-0.1, -0.05) is 39.8 Å². The molecular formula is C18H29N3O3. The molecule has 0 aliphatic carbocycles. The van der Waals surface area contributed by atoms with E-state index in [1.807, 2.05) is 64.9 Å². The number of nitrogens with zero attached hydrogens (tertiary/aromatic N) is 2. The summed E-state index contributed by atoms with van der Waals surface area (Å²) in [6, 6.07) is 6.69. The molecule has 1 aromatic carbocycles. The van der Waals surface area contributed by atoms with E-state index in [1.54, 1.807) is 6.07 Å². The Hall–Kier alpha value is -2.37. The van der Waals surface area contributed by atoms with Gasteiger partial charge in [0.15, 0.2) is 0 Å². The number of para-hydroxylation sites is 2. The van der Waals surface area contributed by atoms with E-state index in [2.05, 4.69) is 5.32 Å². The number of imide groups is 1. The molecule has 6 nitrogen and oxygen atoms in total. The standard InChI is InChI=1S/C14H17N3O3.2C2H6/c1-16(2)10-5-3-4-6-11(10)17(9-18)12-7-8-13(19)15-14(12)20;2*1-2/h3-6,9,12H,7-8H2,1-2H3,(H,15,19,20);2*1-2H3. The highest BCUT2D eigenvalue weighted by atomic mass is 16.2. The van der Waals surface area contributed by atoms with Crippen LogP contribution < -0.4 is 15.1 Å². The second-order valence-corrected chi connectivity index (χ2v) is 4.86. The zero-order valence-electron chi connectivity index (χ0n) is 15.5. The van der Waals surface area contributed by atoms with E-state index in [-0.39, 0.29) is 12.3 Å². The lowest BCUT2D eigenvalue weighted by Gasteiger charge is -2.32. The smallest absolute Gasteiger partial charge is 0.249 e. The zero-order valence-corrected chi connectivity index (χ0v) is 15.5. The molecule has 1 unspecified atom stereocenters. The lowest BCUT2D eigenvalue weighted by molar-refractivity contribution is -0.134. The molecule has 2 rings (SSSR count). The third-order valence-corrected chi connectivity index (χ3v) is 3.30. The SMILES string of the molecule is CC.CC.CN(C)c1ccccc1N(C=O)C1CCC(=O)NC1=O. The molecule has 0 radical (unpaired) electrons. The number of carbonyl (C=O) groups is 3. The quantitative estimate of drug-likeness (QED) is 0.678. The Bertz CT molecular complexity index is 544. The first-order valence-electron chi connectivity index (χ1n) is 8.38. The first-order chi connectivity index (χ1) is 11.5. The van der Waals surface area contributed by atoms with E-state index >= 15 is 0 Å². The van der Waals surface area contributed by atoms with Crippen LogP contribution in [0.4, 0.5) is 11.4 Å². The minimum atomic E-state index is -0.647. The summed E-state index contributed by atoms with van der Waals surface area (Å²) in [5, 5.41) is 2.27. The van der Waals surface area contributed by atoms with Crippen LogP contribution in [0.3, 0.4) is 0 Å². The molecule has 0 bridgehead atoms. The number of hydrogen-bond donors (Lipinski definition) is 1. The minimum Gasteiger partial charge on any atom is -0.376 e. The third-order valence-electron chi connectivity index (χ3n) is 3.30. The van der Waals surface area contributed by atoms with E-state index < -0.39 is 11.9 Å². The van der Waals surface area contributed by atoms with Crippen LogP contribution in [-0.2, 0) is 14.4 Å². The fourth-order valence-electron chi connectivity index (χ4n) is 2.31. The molecule has 0 saturated carbocycles. The van der Waals surface area contributed by atoms with Crippen LogP contribution in [0.15, 0.2) is 24.3 Å². The molecule has 24 heavy (non-hydrogen) atoms. The summed E-state index contributed by atoms with van der Waals surface area (Å²) in [4.78, 5) is 37.8. The van der Waals surface area contributed by atoms with Crippen molar-refractivity contribution in [2.75, 3.05) is 23.9 Å². The van der Waals surface area contributed by atoms with Gasteiger partial charge >= 0.3 is 0 Å². The Morgan fingerprint density at radius 2 is 1.58 bits per heavy atom. The molecule has 1 N–H and O–H groups in total. The minimum absolute atomic E-state index is 0.241. The predicted molar refractivity (Wildman–Crippen MR) is 98.2 cm³/mol. The van der Waals surface area contributed by atoms with E-state index in [0.717, 1.165) is 5.69 Å². The van der Waals surface area contributed by atoms with Crippen molar-refractivity contribution in [3.63, 3.8) is 0 Å². The topological polar surface area (TPSA) is 69.7 Å². The van der Waals surface area contributed by atoms with Crippen LogP contribution in [0, 0.1) is 0 Å². The number of benzene rings is 1. The average molecular weight is 335 g/mol. The van der Waals surface area contributed by atoms with E-state index in [4.69, 9.17) is 0 Å². The van der Waals surface area contributed by atoms with Crippen molar-refractivity contribution in [3.05, 3.63) is 24.3 Å². The van der Waals surface area contributed by atoms with Crippen LogP contribution in [-0.4, -0.2) is 38.4 Å². The summed E-state index contributed by atoms with van der Waals surface area (Å²) in [5.74, 6) is -0.722. The van der Waals surface area contributed by atoms with Crippen molar-refractivity contribution >= 4 is 29.6 Å². The fourth-order valence-corrected chi connectivity index (χ4v) is 2.31. The summed E-state index contributed by atoms with van der Waals surface area (Å²) < 4.78 is 0. The lowest BCUT2D eigenvalue weighted by atomic mass is 10.0. The predicted octanol–water partition coefficient (Wildman–Crippen LogP) is 2.57. The van der Waals surface area contributed by atoms with Gasteiger partial charge in [-0.05, 0) is 18.6 Å². The highest BCUT2D eigenvalue weighted by molar-refractivity contribution is 6.04. The number of rotatable bonds is 4. The number of hydrogen-bond acceptors (Lipinski definition) is 4. The van der Waals surface area contributed by atoms with Crippen molar-refractivity contribution in [1.29, 1.82) is 0 Å². The van der Waals surface area contributed by atoms with Gasteiger partial charge < -0.3 is 9.80 Å². The van der Waals surface area contributed by atoms with Crippen LogP contribution in [0.5, 0.6) is 0 Å². The van der Waals surface area contributed by atoms with Gasteiger partial charge in [0.1, 0.15) is 6.04 Å². The van der Waals surface area contributed by atoms with E-state index in [0.29, 0.717) is 18.5 Å². The molecule has 1 saturated heterocycles. The Labute approximate surface area is 144 Å². The fraction of sp³-hybridized carbons (Fsp3) is 0.500. The zero-order chi connectivity index (χ0) is 18.7. The molecule has 3 amide bonds. The van der Waals surface area contributed by atoms with Gasteiger partial charge in [0.05, 0.1) is 11.4 Å². The molecule has 6 heteroatoms. The van der Waals surface area contributed by atoms with Crippen LogP contribution in [0.25, 0.3) is 0 Å². The van der Waals surface area contributed by atoms with Gasteiger partial charge in [0.2, 0.25) is 18.2 Å². The first-order valence-corrected chi connectivity index (χ1v) is 8.38. The average Bonchev–Trinajstić information content (AvgIpc) is 2.61. The molecule has 0 spiro atoms. The molecule has 1 heterocycles. The summed E-state index contributed by atoms with van der Waals surface area (Å²) in [5.41, 5.74) is 1.49. The highest BCUT2D eigenvalue weighted by Crippen LogP contribution is 2.29. The lowest BCUT2D eigenvalue weighted by Crippen LogP contribution is -2.52. The Morgan fingerprint density at radius 3 is 2.04 bits per heavy atom. The first kappa shape index (κ1) is 21.6. The molecular weight excluding hydrogens is 306 g/mol. The number of nitrogens with one attached hydrogen (secondary N) is 1. The number of anilines is 2. The highest BCUT2D eigenvalue weighted by Gasteiger charge is 2.32. The van der Waals surface area contributed by atoms with Gasteiger partial charge in [-0.15, -0.1) is 0 Å². The summed E-state index contributed by atoms with van der Waals surface area (Å²) in [7, 11) is 3.73. The second-order valence-electron chi connectivity index (χ2n) is 4.86. The van der Waals surface area contributed by atoms with Crippen molar-refractivity contribution in [2.45, 2.75) is 46.6 Å². The van der Waals surface area contributed by atoms with Gasteiger partial charge in [-0.25, -0.2) is 0 Å². The summed E-state index contributed by atoms with van der Waals surface area (Å²) >= 11 is 0. The normalized spacial score (nSPS) is 15.8. The number of amides is 3. The van der Waals surface area contributed by atoms with Crippen LogP contribution in [0.1, 0.15) is 40.5 Å². The molecule has 1 fully saturated rings. The summed E-state index contributed by atoms with van der Waals surface area (Å²) in [6.45, 7) is 8.00. The second kappa shape index (κ2) is 11.2. The van der Waals surface area contributed by atoms with Gasteiger partial charge in [-0.2, -0.15) is 0 Å². The monoisotopic (exact) mass is 335 g/mol. The molecule has 134 valence electrons. The Balaban J connectivity index is 0.00000123. The van der Waals surface area contributed by atoms with Crippen molar-refractivity contribution in [3.8, 4) is 0 Å².